The molecule has 5 rings (SSSR count). The van der Waals surface area contributed by atoms with Gasteiger partial charge in [0.05, 0.1) is 11.4 Å². The van der Waals surface area contributed by atoms with Crippen LogP contribution in [0, 0.1) is 0 Å². The molecule has 1 aliphatic heterocycles. The van der Waals surface area contributed by atoms with E-state index >= 15 is 0 Å². The van der Waals surface area contributed by atoms with E-state index in [4.69, 9.17) is 0 Å². The number of aromatic amines is 1. The van der Waals surface area contributed by atoms with Crippen LogP contribution in [0.1, 0.15) is 11.1 Å². The van der Waals surface area contributed by atoms with Gasteiger partial charge in [-0.1, -0.05) is 78.9 Å². The third kappa shape index (κ3) is 2.93. The van der Waals surface area contributed by atoms with Crippen LogP contribution in [0.4, 0.5) is 0 Å². The second kappa shape index (κ2) is 7.04. The molecule has 134 valence electrons. The van der Waals surface area contributed by atoms with Crippen LogP contribution in [-0.4, -0.2) is 33.5 Å². The van der Waals surface area contributed by atoms with Crippen molar-refractivity contribution in [3.05, 3.63) is 96.1 Å². The Bertz CT molecular complexity index is 1170. The highest BCUT2D eigenvalue weighted by Crippen LogP contribution is 2.29. The molecular weight excluding hydrogens is 346 g/mol. The van der Waals surface area contributed by atoms with Crippen LogP contribution in [0.2, 0.25) is 0 Å². The number of rotatable bonds is 4. The Morgan fingerprint density at radius 1 is 0.536 bits per heavy atom. The molecule has 5 heteroatoms. The predicted molar refractivity (Wildman–Crippen MR) is 112 cm³/mol. The molecule has 1 N–H and O–H groups in total. The molecule has 0 saturated carbocycles. The number of hydrogen-bond acceptors (Lipinski definition) is 4. The van der Waals surface area contributed by atoms with Gasteiger partial charge >= 0.3 is 0 Å². The lowest BCUT2D eigenvalue weighted by Crippen LogP contribution is -2.14. The zero-order chi connectivity index (χ0) is 18.8. The van der Waals surface area contributed by atoms with Gasteiger partial charge in [0.1, 0.15) is 18.1 Å². The first-order chi connectivity index (χ1) is 13.9. The summed E-state index contributed by atoms with van der Waals surface area (Å²) in [6, 6.07) is 28.5. The van der Waals surface area contributed by atoms with Crippen molar-refractivity contribution in [1.82, 2.24) is 15.4 Å². The van der Waals surface area contributed by atoms with Crippen molar-refractivity contribution >= 4 is 11.4 Å². The molecule has 0 fully saturated rings. The number of aliphatic imine (C=N–C) groups is 2. The number of nitrogens with zero attached hydrogens (tertiary/aromatic N) is 4. The molecule has 28 heavy (non-hydrogen) atoms. The molecule has 0 unspecified atom stereocenters. The lowest BCUT2D eigenvalue weighted by molar-refractivity contribution is 0.944. The molecule has 0 amide bonds. The minimum absolute atomic E-state index is 0.461. The van der Waals surface area contributed by atoms with E-state index in [1.807, 2.05) is 60.7 Å². The first-order valence-corrected chi connectivity index (χ1v) is 9.12. The molecule has 5 nitrogen and oxygen atoms in total. The summed E-state index contributed by atoms with van der Waals surface area (Å²) in [4.78, 5) is 9.24. The van der Waals surface area contributed by atoms with E-state index in [-0.39, 0.29) is 0 Å². The fourth-order valence-corrected chi connectivity index (χ4v) is 3.42. The first kappa shape index (κ1) is 16.3. The van der Waals surface area contributed by atoms with Gasteiger partial charge in [-0.25, -0.2) is 0 Å². The third-order valence-electron chi connectivity index (χ3n) is 4.73. The molecular formula is C23H17N5. The lowest BCUT2D eigenvalue weighted by Gasteiger charge is -2.08. The Kier molecular flexibility index (Phi) is 4.10. The SMILES string of the molecule is c1ccc(C2=NCN=C2c2cccc(-c3n[nH]nc3-c3ccccc3)c2)cc1. The van der Waals surface area contributed by atoms with Crippen LogP contribution in [0.25, 0.3) is 22.5 Å². The summed E-state index contributed by atoms with van der Waals surface area (Å²) in [5.74, 6) is 0. The quantitative estimate of drug-likeness (QED) is 0.584. The Balaban J connectivity index is 1.54. The van der Waals surface area contributed by atoms with E-state index in [1.165, 1.54) is 0 Å². The maximum Gasteiger partial charge on any atom is 0.130 e. The van der Waals surface area contributed by atoms with Gasteiger partial charge in [0, 0.05) is 22.3 Å². The largest absolute Gasteiger partial charge is 0.259 e. The van der Waals surface area contributed by atoms with Gasteiger partial charge in [0.2, 0.25) is 0 Å². The first-order valence-electron chi connectivity index (χ1n) is 9.12. The van der Waals surface area contributed by atoms with Crippen molar-refractivity contribution in [1.29, 1.82) is 0 Å². The van der Waals surface area contributed by atoms with Crippen molar-refractivity contribution in [3.8, 4) is 22.5 Å². The van der Waals surface area contributed by atoms with Crippen molar-refractivity contribution in [3.63, 3.8) is 0 Å². The summed E-state index contributed by atoms with van der Waals surface area (Å²) in [6.07, 6.45) is 0. The van der Waals surface area contributed by atoms with Gasteiger partial charge in [-0.15, -0.1) is 0 Å². The second-order valence-electron chi connectivity index (χ2n) is 6.49. The highest BCUT2D eigenvalue weighted by molar-refractivity contribution is 6.54. The fraction of sp³-hybridized carbons (Fsp3) is 0.0435. The zero-order valence-corrected chi connectivity index (χ0v) is 15.1. The minimum atomic E-state index is 0.461. The van der Waals surface area contributed by atoms with E-state index in [9.17, 15) is 0 Å². The van der Waals surface area contributed by atoms with Crippen LogP contribution in [-0.2, 0) is 0 Å². The summed E-state index contributed by atoms with van der Waals surface area (Å²) in [6.45, 7) is 0.461. The van der Waals surface area contributed by atoms with E-state index < -0.39 is 0 Å². The summed E-state index contributed by atoms with van der Waals surface area (Å²) in [5.41, 5.74) is 7.63. The molecule has 0 spiro atoms. The molecule has 0 bridgehead atoms. The number of benzene rings is 3. The van der Waals surface area contributed by atoms with Gasteiger partial charge < -0.3 is 0 Å². The van der Waals surface area contributed by atoms with Crippen LogP contribution in [0.15, 0.2) is 94.9 Å². The minimum Gasteiger partial charge on any atom is -0.259 e. The predicted octanol–water partition coefficient (Wildman–Crippen LogP) is 4.39. The Hall–Kier alpha value is -3.86. The van der Waals surface area contributed by atoms with Gasteiger partial charge in [0.15, 0.2) is 0 Å². The van der Waals surface area contributed by atoms with Gasteiger partial charge in [-0.05, 0) is 6.07 Å². The summed E-state index contributed by atoms with van der Waals surface area (Å²) in [5, 5.41) is 11.5. The molecule has 2 heterocycles. The maximum absolute atomic E-state index is 4.64. The summed E-state index contributed by atoms with van der Waals surface area (Å²) >= 11 is 0. The number of aromatic nitrogens is 3. The Morgan fingerprint density at radius 2 is 1.07 bits per heavy atom. The zero-order valence-electron chi connectivity index (χ0n) is 15.1. The standard InChI is InChI=1S/C23H17N5/c1-3-8-16(9-4-1)20-21(25-15-24-20)18-12-7-13-19(14-18)23-22(26-28-27-23)17-10-5-2-6-11-17/h1-14H,15H2,(H,26,27,28). The van der Waals surface area contributed by atoms with Gasteiger partial charge in [-0.3, -0.25) is 9.98 Å². The maximum atomic E-state index is 4.64. The molecule has 1 aromatic heterocycles. The van der Waals surface area contributed by atoms with Crippen molar-refractivity contribution in [2.24, 2.45) is 9.98 Å². The number of hydrogen-bond donors (Lipinski definition) is 1. The van der Waals surface area contributed by atoms with Crippen LogP contribution < -0.4 is 0 Å². The normalized spacial score (nSPS) is 13.3. The van der Waals surface area contributed by atoms with E-state index in [2.05, 4.69) is 49.7 Å². The highest BCUT2D eigenvalue weighted by atomic mass is 15.3. The fourth-order valence-electron chi connectivity index (χ4n) is 3.42. The molecule has 0 atom stereocenters. The molecule has 4 aromatic rings. The molecule has 3 aromatic carbocycles. The number of H-pyrrole nitrogens is 1. The smallest absolute Gasteiger partial charge is 0.130 e. The highest BCUT2D eigenvalue weighted by Gasteiger charge is 2.19. The van der Waals surface area contributed by atoms with E-state index in [1.54, 1.807) is 0 Å². The summed E-state index contributed by atoms with van der Waals surface area (Å²) < 4.78 is 0. The van der Waals surface area contributed by atoms with Crippen molar-refractivity contribution in [2.75, 3.05) is 6.67 Å². The second-order valence-corrected chi connectivity index (χ2v) is 6.49. The van der Waals surface area contributed by atoms with Gasteiger partial charge in [-0.2, -0.15) is 15.4 Å². The van der Waals surface area contributed by atoms with Crippen LogP contribution in [0.5, 0.6) is 0 Å². The van der Waals surface area contributed by atoms with E-state index in [0.29, 0.717) is 6.67 Å². The number of nitrogens with one attached hydrogen (secondary N) is 1. The van der Waals surface area contributed by atoms with Crippen LogP contribution in [0.3, 0.4) is 0 Å². The van der Waals surface area contributed by atoms with Crippen molar-refractivity contribution in [2.45, 2.75) is 0 Å². The monoisotopic (exact) mass is 363 g/mol. The molecule has 0 saturated heterocycles. The molecule has 0 radical (unpaired) electrons. The summed E-state index contributed by atoms with van der Waals surface area (Å²) in [7, 11) is 0. The molecule has 0 aliphatic carbocycles. The lowest BCUT2D eigenvalue weighted by atomic mass is 9.97. The third-order valence-corrected chi connectivity index (χ3v) is 4.73. The van der Waals surface area contributed by atoms with E-state index in [0.717, 1.165) is 45.1 Å². The molecule has 1 aliphatic rings. The Morgan fingerprint density at radius 3 is 1.79 bits per heavy atom. The Labute approximate surface area is 162 Å². The van der Waals surface area contributed by atoms with Crippen molar-refractivity contribution < 1.29 is 0 Å². The topological polar surface area (TPSA) is 66.3 Å². The van der Waals surface area contributed by atoms with Gasteiger partial charge in [0.25, 0.3) is 0 Å². The van der Waals surface area contributed by atoms with Crippen LogP contribution >= 0.6 is 0 Å². The average Bonchev–Trinajstić information content (AvgIpc) is 3.45. The average molecular weight is 363 g/mol.